The Kier molecular flexibility index (Phi) is 2.73. The van der Waals surface area contributed by atoms with Crippen molar-refractivity contribution in [2.45, 2.75) is 25.5 Å². The molecule has 0 bridgehead atoms. The van der Waals surface area contributed by atoms with Gasteiger partial charge in [-0.1, -0.05) is 0 Å². The summed E-state index contributed by atoms with van der Waals surface area (Å²) in [4.78, 5) is 0. The van der Waals surface area contributed by atoms with Gasteiger partial charge in [-0.2, -0.15) is 5.10 Å². The van der Waals surface area contributed by atoms with E-state index in [4.69, 9.17) is 10.5 Å². The highest BCUT2D eigenvalue weighted by molar-refractivity contribution is 5.10. The molecular formula is C9H17N3O. The number of nitrogens with two attached hydrogens (primary N) is 1. The zero-order valence-electron chi connectivity index (χ0n) is 8.61. The highest BCUT2D eigenvalue weighted by Crippen LogP contribution is 2.24. The molecule has 0 aliphatic rings. The number of rotatable bonds is 3. The molecule has 1 rings (SSSR count). The largest absolute Gasteiger partial charge is 0.377 e. The third-order valence-corrected chi connectivity index (χ3v) is 2.45. The van der Waals surface area contributed by atoms with E-state index in [-0.39, 0.29) is 11.6 Å². The average Bonchev–Trinajstić information content (AvgIpc) is 2.50. The highest BCUT2D eigenvalue weighted by Gasteiger charge is 2.29. The van der Waals surface area contributed by atoms with E-state index in [1.165, 1.54) is 0 Å². The molecule has 0 saturated carbocycles. The van der Waals surface area contributed by atoms with Crippen molar-refractivity contribution in [3.63, 3.8) is 0 Å². The lowest BCUT2D eigenvalue weighted by atomic mass is 9.96. The van der Waals surface area contributed by atoms with Crippen molar-refractivity contribution < 1.29 is 4.74 Å². The Labute approximate surface area is 78.7 Å². The number of ether oxygens (including phenoxy) is 1. The number of methoxy groups -OCH3 is 1. The van der Waals surface area contributed by atoms with Gasteiger partial charge in [0.15, 0.2) is 0 Å². The number of hydrogen-bond acceptors (Lipinski definition) is 3. The summed E-state index contributed by atoms with van der Waals surface area (Å²) in [5, 5.41) is 4.07. The van der Waals surface area contributed by atoms with Crippen LogP contribution in [0.25, 0.3) is 0 Å². The minimum Gasteiger partial charge on any atom is -0.377 e. The van der Waals surface area contributed by atoms with Gasteiger partial charge in [-0.05, 0) is 19.9 Å². The molecule has 74 valence electrons. The third kappa shape index (κ3) is 1.89. The van der Waals surface area contributed by atoms with Gasteiger partial charge in [0.05, 0.1) is 17.3 Å². The Morgan fingerprint density at radius 2 is 2.23 bits per heavy atom. The summed E-state index contributed by atoms with van der Waals surface area (Å²) >= 11 is 0. The minimum atomic E-state index is -0.367. The van der Waals surface area contributed by atoms with Crippen LogP contribution in [0.5, 0.6) is 0 Å². The summed E-state index contributed by atoms with van der Waals surface area (Å²) in [6, 6.07) is 1.75. The predicted molar refractivity (Wildman–Crippen MR) is 51.2 cm³/mol. The maximum absolute atomic E-state index is 6.04. The van der Waals surface area contributed by atoms with Gasteiger partial charge in [0, 0.05) is 20.4 Å². The molecule has 0 fully saturated rings. The first kappa shape index (κ1) is 10.2. The van der Waals surface area contributed by atoms with Crippen LogP contribution in [0.3, 0.4) is 0 Å². The summed E-state index contributed by atoms with van der Waals surface area (Å²) in [5.74, 6) is 0. The molecule has 4 nitrogen and oxygen atoms in total. The second kappa shape index (κ2) is 3.47. The third-order valence-electron chi connectivity index (χ3n) is 2.45. The van der Waals surface area contributed by atoms with Crippen LogP contribution in [-0.4, -0.2) is 22.5 Å². The summed E-state index contributed by atoms with van der Waals surface area (Å²) < 4.78 is 7.08. The molecule has 1 heterocycles. The van der Waals surface area contributed by atoms with Gasteiger partial charge < -0.3 is 10.5 Å². The molecule has 0 aliphatic heterocycles. The molecule has 0 amide bonds. The predicted octanol–water partition coefficient (Wildman–Crippen LogP) is 0.845. The molecule has 4 heteroatoms. The zero-order chi connectivity index (χ0) is 10.1. The summed E-state index contributed by atoms with van der Waals surface area (Å²) in [5.41, 5.74) is 6.65. The van der Waals surface area contributed by atoms with Crippen LogP contribution < -0.4 is 5.73 Å². The van der Waals surface area contributed by atoms with Crippen LogP contribution in [0.15, 0.2) is 12.3 Å². The van der Waals surface area contributed by atoms with E-state index >= 15 is 0 Å². The first-order valence-electron chi connectivity index (χ1n) is 4.27. The van der Waals surface area contributed by atoms with Gasteiger partial charge in [-0.15, -0.1) is 0 Å². The van der Waals surface area contributed by atoms with Crippen LogP contribution in [0.2, 0.25) is 0 Å². The van der Waals surface area contributed by atoms with Crippen LogP contribution in [0.4, 0.5) is 0 Å². The fourth-order valence-corrected chi connectivity index (χ4v) is 1.17. The van der Waals surface area contributed by atoms with E-state index in [0.717, 1.165) is 5.69 Å². The van der Waals surface area contributed by atoms with Crippen molar-refractivity contribution in [1.29, 1.82) is 0 Å². The number of hydrogen-bond donors (Lipinski definition) is 1. The van der Waals surface area contributed by atoms with E-state index in [1.54, 1.807) is 18.0 Å². The molecule has 13 heavy (non-hydrogen) atoms. The number of nitrogens with zero attached hydrogens (tertiary/aromatic N) is 2. The first-order chi connectivity index (χ1) is 5.99. The van der Waals surface area contributed by atoms with Crippen LogP contribution in [-0.2, 0) is 11.8 Å². The summed E-state index contributed by atoms with van der Waals surface area (Å²) in [7, 11) is 3.54. The van der Waals surface area contributed by atoms with E-state index in [2.05, 4.69) is 5.10 Å². The molecule has 0 radical (unpaired) electrons. The molecule has 0 spiro atoms. The van der Waals surface area contributed by atoms with Gasteiger partial charge >= 0.3 is 0 Å². The van der Waals surface area contributed by atoms with Gasteiger partial charge in [-0.3, -0.25) is 4.68 Å². The molecule has 0 aliphatic carbocycles. The van der Waals surface area contributed by atoms with E-state index < -0.39 is 0 Å². The number of aromatic nitrogens is 2. The molecule has 1 aromatic heterocycles. The van der Waals surface area contributed by atoms with Crippen LogP contribution in [0.1, 0.15) is 25.6 Å². The Bertz CT molecular complexity index is 280. The maximum Gasteiger partial charge on any atom is 0.0829 e. The fourth-order valence-electron chi connectivity index (χ4n) is 1.17. The Balaban J connectivity index is 2.91. The quantitative estimate of drug-likeness (QED) is 0.755. The van der Waals surface area contributed by atoms with Crippen molar-refractivity contribution >= 4 is 0 Å². The fraction of sp³-hybridized carbons (Fsp3) is 0.667. The lowest BCUT2D eigenvalue weighted by Gasteiger charge is -2.29. The Morgan fingerprint density at radius 3 is 2.62 bits per heavy atom. The topological polar surface area (TPSA) is 53.1 Å². The van der Waals surface area contributed by atoms with E-state index in [0.29, 0.717) is 0 Å². The lowest BCUT2D eigenvalue weighted by Crippen LogP contribution is -2.38. The summed E-state index contributed by atoms with van der Waals surface area (Å²) in [6.07, 6.45) is 1.74. The minimum absolute atomic E-state index is 0.162. The molecule has 0 saturated heterocycles. The standard InChI is InChI=1S/C9H17N3O/c1-9(2,13-4)8(10)7-5-6-11-12(7)3/h5-6,8H,10H2,1-4H3. The Morgan fingerprint density at radius 1 is 1.62 bits per heavy atom. The normalized spacial score (nSPS) is 14.5. The van der Waals surface area contributed by atoms with Gasteiger partial charge in [0.2, 0.25) is 0 Å². The van der Waals surface area contributed by atoms with Crippen molar-refractivity contribution in [3.8, 4) is 0 Å². The van der Waals surface area contributed by atoms with Crippen molar-refractivity contribution in [3.05, 3.63) is 18.0 Å². The van der Waals surface area contributed by atoms with Crippen LogP contribution in [0, 0.1) is 0 Å². The molecule has 1 atom stereocenters. The second-order valence-electron chi connectivity index (χ2n) is 3.66. The monoisotopic (exact) mass is 183 g/mol. The van der Waals surface area contributed by atoms with Gasteiger partial charge in [0.25, 0.3) is 0 Å². The second-order valence-corrected chi connectivity index (χ2v) is 3.66. The van der Waals surface area contributed by atoms with E-state index in [1.807, 2.05) is 27.0 Å². The van der Waals surface area contributed by atoms with Gasteiger partial charge in [0.1, 0.15) is 0 Å². The van der Waals surface area contributed by atoms with Crippen molar-refractivity contribution in [1.82, 2.24) is 9.78 Å². The zero-order valence-corrected chi connectivity index (χ0v) is 8.61. The average molecular weight is 183 g/mol. The smallest absolute Gasteiger partial charge is 0.0829 e. The van der Waals surface area contributed by atoms with Crippen molar-refractivity contribution in [2.75, 3.05) is 7.11 Å². The highest BCUT2D eigenvalue weighted by atomic mass is 16.5. The molecule has 1 unspecified atom stereocenters. The molecule has 1 aromatic rings. The first-order valence-corrected chi connectivity index (χ1v) is 4.27. The molecule has 2 N–H and O–H groups in total. The van der Waals surface area contributed by atoms with Gasteiger partial charge in [-0.25, -0.2) is 0 Å². The van der Waals surface area contributed by atoms with Crippen molar-refractivity contribution in [2.24, 2.45) is 12.8 Å². The molecule has 0 aromatic carbocycles. The maximum atomic E-state index is 6.04. The van der Waals surface area contributed by atoms with Crippen LogP contribution >= 0.6 is 0 Å². The number of aryl methyl sites for hydroxylation is 1. The Hall–Kier alpha value is -0.870. The van der Waals surface area contributed by atoms with E-state index in [9.17, 15) is 0 Å². The SMILES string of the molecule is COC(C)(C)C(N)c1ccnn1C. The lowest BCUT2D eigenvalue weighted by molar-refractivity contribution is -0.00200. The molecular weight excluding hydrogens is 166 g/mol. The summed E-state index contributed by atoms with van der Waals surface area (Å²) in [6.45, 7) is 3.93.